The second-order valence-electron chi connectivity index (χ2n) is 15.8. The Morgan fingerprint density at radius 3 is 2.20 bits per heavy atom. The first-order chi connectivity index (χ1) is 29.1. The lowest BCUT2D eigenvalue weighted by atomic mass is 9.94. The maximum Gasteiger partial charge on any atom is 0.257 e. The van der Waals surface area contributed by atoms with Crippen molar-refractivity contribution >= 4 is 36.1 Å². The molecule has 3 aliphatic heterocycles. The van der Waals surface area contributed by atoms with Crippen LogP contribution in [0, 0.1) is 6.92 Å². The zero-order valence-corrected chi connectivity index (χ0v) is 34.6. The first kappa shape index (κ1) is 40.1. The van der Waals surface area contributed by atoms with Gasteiger partial charge in [-0.05, 0) is 109 Å². The highest BCUT2D eigenvalue weighted by Crippen LogP contribution is 2.39. The summed E-state index contributed by atoms with van der Waals surface area (Å²) in [6, 6.07) is 26.7. The van der Waals surface area contributed by atoms with E-state index in [0.29, 0.717) is 72.4 Å². The van der Waals surface area contributed by atoms with E-state index in [2.05, 4.69) is 35.2 Å². The number of hydrogen-bond donors (Lipinski definition) is 1. The molecule has 5 aromatic rings. The predicted molar refractivity (Wildman–Crippen MR) is 231 cm³/mol. The Hall–Kier alpha value is -6.66. The summed E-state index contributed by atoms with van der Waals surface area (Å²) in [6.07, 6.45) is 5.80. The van der Waals surface area contributed by atoms with Gasteiger partial charge < -0.3 is 38.8 Å². The standard InChI is InChI=1S/C48H49N5O7/c1-30-12-44(57-4)46(20-42(30)49-22-38-16-35-10-11-40(55)18-37(35)25-52(38)29-54)59-27-32-13-31(24-51(2)3)14-33(15-32)28-60-47-21-43-41(19-45(47)58-5)48(56)53-26-36-9-7-6-8-34(36)17-39(53)23-50-43/h6-15,18-23,29,38-39,55H,16-17,24-28H2,1-5H3. The minimum absolute atomic E-state index is 0.0838. The molecule has 60 heavy (non-hydrogen) atoms. The maximum absolute atomic E-state index is 13.9. The summed E-state index contributed by atoms with van der Waals surface area (Å²) in [5, 5.41) is 9.94. The van der Waals surface area contributed by atoms with Gasteiger partial charge in [-0.2, -0.15) is 0 Å². The van der Waals surface area contributed by atoms with Crippen LogP contribution in [0.15, 0.2) is 94.9 Å². The summed E-state index contributed by atoms with van der Waals surface area (Å²) in [4.78, 5) is 41.2. The highest BCUT2D eigenvalue weighted by atomic mass is 16.5. The van der Waals surface area contributed by atoms with E-state index in [9.17, 15) is 14.7 Å². The number of aliphatic imine (C=N–C) groups is 2. The van der Waals surface area contributed by atoms with Gasteiger partial charge in [-0.25, -0.2) is 0 Å². The third-order valence-corrected chi connectivity index (χ3v) is 11.2. The first-order valence-electron chi connectivity index (χ1n) is 20.0. The van der Waals surface area contributed by atoms with Gasteiger partial charge in [0.25, 0.3) is 5.91 Å². The van der Waals surface area contributed by atoms with Gasteiger partial charge in [0.05, 0.1) is 43.2 Å². The number of fused-ring (bicyclic) bond motifs is 4. The number of nitrogens with zero attached hydrogens (tertiary/aromatic N) is 5. The van der Waals surface area contributed by atoms with E-state index < -0.39 is 0 Å². The lowest BCUT2D eigenvalue weighted by Gasteiger charge is -2.34. The number of aryl methyl sites for hydroxylation is 1. The molecule has 0 saturated heterocycles. The van der Waals surface area contributed by atoms with Gasteiger partial charge in [0.2, 0.25) is 6.41 Å². The fourth-order valence-corrected chi connectivity index (χ4v) is 8.21. The lowest BCUT2D eigenvalue weighted by Crippen LogP contribution is -2.44. The van der Waals surface area contributed by atoms with Crippen molar-refractivity contribution in [3.8, 4) is 28.7 Å². The zero-order valence-electron chi connectivity index (χ0n) is 34.6. The Balaban J connectivity index is 1.00. The molecule has 0 saturated carbocycles. The van der Waals surface area contributed by atoms with E-state index >= 15 is 0 Å². The quantitative estimate of drug-likeness (QED) is 0.0958. The molecule has 2 unspecified atom stereocenters. The molecule has 0 bridgehead atoms. The molecular formula is C48H49N5O7. The van der Waals surface area contributed by atoms with E-state index in [0.717, 1.165) is 45.4 Å². The number of hydrogen-bond acceptors (Lipinski definition) is 10. The first-order valence-corrected chi connectivity index (χ1v) is 20.0. The molecule has 0 aromatic heterocycles. The molecule has 12 nitrogen and oxygen atoms in total. The molecule has 2 amide bonds. The normalized spacial score (nSPS) is 16.8. The molecule has 0 spiro atoms. The highest BCUT2D eigenvalue weighted by molar-refractivity contribution is 6.03. The minimum Gasteiger partial charge on any atom is -0.508 e. The maximum atomic E-state index is 13.9. The second kappa shape index (κ2) is 17.3. The average molecular weight is 808 g/mol. The van der Waals surface area contributed by atoms with Crippen molar-refractivity contribution in [3.63, 3.8) is 0 Å². The Kier molecular flexibility index (Phi) is 11.6. The Morgan fingerprint density at radius 2 is 1.48 bits per heavy atom. The van der Waals surface area contributed by atoms with Crippen LogP contribution in [0.1, 0.15) is 54.9 Å². The average Bonchev–Trinajstić information content (AvgIpc) is 3.37. The molecule has 12 heteroatoms. The number of amides is 2. The molecule has 8 rings (SSSR count). The molecule has 3 aliphatic rings. The molecule has 0 aliphatic carbocycles. The predicted octanol–water partition coefficient (Wildman–Crippen LogP) is 7.51. The van der Waals surface area contributed by atoms with Crippen LogP contribution in [0.5, 0.6) is 28.7 Å². The van der Waals surface area contributed by atoms with Crippen LogP contribution < -0.4 is 18.9 Å². The van der Waals surface area contributed by atoms with Gasteiger partial charge in [-0.15, -0.1) is 0 Å². The number of methoxy groups -OCH3 is 2. The van der Waals surface area contributed by atoms with E-state index in [1.54, 1.807) is 49.6 Å². The number of ether oxygens (including phenoxy) is 4. The summed E-state index contributed by atoms with van der Waals surface area (Å²) < 4.78 is 24.4. The van der Waals surface area contributed by atoms with Crippen LogP contribution in [-0.4, -0.2) is 85.0 Å². The van der Waals surface area contributed by atoms with Gasteiger partial charge >= 0.3 is 0 Å². The summed E-state index contributed by atoms with van der Waals surface area (Å²) in [5.74, 6) is 2.16. The van der Waals surface area contributed by atoms with Crippen molar-refractivity contribution in [2.24, 2.45) is 9.98 Å². The summed E-state index contributed by atoms with van der Waals surface area (Å²) >= 11 is 0. The van der Waals surface area contributed by atoms with E-state index in [-0.39, 0.29) is 37.0 Å². The minimum atomic E-state index is -0.243. The fraction of sp³-hybridized carbons (Fsp3) is 0.292. The Morgan fingerprint density at radius 1 is 0.800 bits per heavy atom. The van der Waals surface area contributed by atoms with Crippen molar-refractivity contribution in [1.82, 2.24) is 14.7 Å². The zero-order chi connectivity index (χ0) is 41.9. The number of phenols is 1. The van der Waals surface area contributed by atoms with Gasteiger partial charge in [0, 0.05) is 44.2 Å². The van der Waals surface area contributed by atoms with Crippen molar-refractivity contribution in [3.05, 3.63) is 135 Å². The summed E-state index contributed by atoms with van der Waals surface area (Å²) in [7, 11) is 7.23. The Labute approximate surface area is 350 Å². The van der Waals surface area contributed by atoms with Crippen LogP contribution in [0.25, 0.3) is 0 Å². The van der Waals surface area contributed by atoms with E-state index in [4.69, 9.17) is 28.9 Å². The topological polar surface area (TPSA) is 126 Å². The second-order valence-corrected chi connectivity index (χ2v) is 15.8. The molecule has 3 heterocycles. The van der Waals surface area contributed by atoms with Gasteiger partial charge in [0.1, 0.15) is 19.0 Å². The largest absolute Gasteiger partial charge is 0.508 e. The summed E-state index contributed by atoms with van der Waals surface area (Å²) in [6.45, 7) is 4.08. The molecule has 2 atom stereocenters. The molecule has 0 fully saturated rings. The van der Waals surface area contributed by atoms with Crippen LogP contribution in [0.2, 0.25) is 0 Å². The van der Waals surface area contributed by atoms with Crippen LogP contribution >= 0.6 is 0 Å². The highest BCUT2D eigenvalue weighted by Gasteiger charge is 2.33. The number of carbonyl (C=O) groups excluding carboxylic acids is 2. The van der Waals surface area contributed by atoms with E-state index in [1.807, 2.05) is 62.5 Å². The monoisotopic (exact) mass is 807 g/mol. The van der Waals surface area contributed by atoms with Crippen molar-refractivity contribution in [2.45, 2.75) is 64.7 Å². The fourth-order valence-electron chi connectivity index (χ4n) is 8.21. The van der Waals surface area contributed by atoms with E-state index in [1.165, 1.54) is 5.56 Å². The molecular weight excluding hydrogens is 759 g/mol. The van der Waals surface area contributed by atoms with Crippen molar-refractivity contribution in [2.75, 3.05) is 28.3 Å². The van der Waals surface area contributed by atoms with Crippen LogP contribution in [0.4, 0.5) is 11.4 Å². The third kappa shape index (κ3) is 8.55. The number of rotatable bonds is 13. The number of phenolic OH excluding ortho intramolecular Hbond substituents is 1. The number of carbonyl (C=O) groups is 2. The third-order valence-electron chi connectivity index (χ3n) is 11.2. The SMILES string of the molecule is COc1cc(C)c(N=CC2Cc3ccc(O)cc3CN2C=O)cc1OCc1cc(COc2cc3c(cc2OC)C(=O)N2Cc4ccccc4CC2C=N3)cc(CN(C)C)c1. The molecule has 5 aromatic carbocycles. The number of aromatic hydroxyl groups is 1. The molecule has 1 N–H and O–H groups in total. The lowest BCUT2D eigenvalue weighted by molar-refractivity contribution is -0.119. The molecule has 308 valence electrons. The molecule has 0 radical (unpaired) electrons. The van der Waals surface area contributed by atoms with Crippen molar-refractivity contribution < 1.29 is 33.6 Å². The van der Waals surface area contributed by atoms with Gasteiger partial charge in [-0.1, -0.05) is 42.5 Å². The number of benzene rings is 5. The summed E-state index contributed by atoms with van der Waals surface area (Å²) in [5.41, 5.74) is 9.97. The van der Waals surface area contributed by atoms with Gasteiger partial charge in [-0.3, -0.25) is 19.6 Å². The van der Waals surface area contributed by atoms with Crippen molar-refractivity contribution in [1.29, 1.82) is 0 Å². The Bertz CT molecular complexity index is 2500. The van der Waals surface area contributed by atoms with Crippen LogP contribution in [-0.2, 0) is 50.5 Å². The van der Waals surface area contributed by atoms with Crippen LogP contribution in [0.3, 0.4) is 0 Å². The smallest absolute Gasteiger partial charge is 0.257 e. The van der Waals surface area contributed by atoms with Gasteiger partial charge in [0.15, 0.2) is 23.0 Å².